The van der Waals surface area contributed by atoms with Gasteiger partial charge in [-0.3, -0.25) is 0 Å². The van der Waals surface area contributed by atoms with Gasteiger partial charge in [0.15, 0.2) is 0 Å². The maximum atomic E-state index is 9.98. The van der Waals surface area contributed by atoms with E-state index < -0.39 is 0 Å². The van der Waals surface area contributed by atoms with E-state index in [1.54, 1.807) is 0 Å². The van der Waals surface area contributed by atoms with Crippen molar-refractivity contribution < 1.29 is 76.1 Å². The quantitative estimate of drug-likeness (QED) is 0.272. The first kappa shape index (κ1) is 18.7. The molecule has 0 aliphatic rings. The first-order valence-electron chi connectivity index (χ1n) is 2.66. The fraction of sp³-hybridized carbons (Fsp3) is 0.800. The van der Waals surface area contributed by atoms with Crippen LogP contribution in [0.2, 0.25) is 0 Å². The van der Waals surface area contributed by atoms with E-state index in [9.17, 15) is 4.57 Å². The average molecular weight is 196 g/mol. The summed E-state index contributed by atoms with van der Waals surface area (Å²) < 4.78 is 10.3. The van der Waals surface area contributed by atoms with E-state index in [2.05, 4.69) is 5.75 Å². The summed E-state index contributed by atoms with van der Waals surface area (Å²) in [6.45, 7) is 0.644. The van der Waals surface area contributed by atoms with Gasteiger partial charge in [0, 0.05) is 0 Å². The Bertz CT molecular complexity index is 186. The minimum Gasteiger partial charge on any atom is -1.00 e. The summed E-state index contributed by atoms with van der Waals surface area (Å²) in [4.78, 5) is 0. The van der Waals surface area contributed by atoms with Gasteiger partial charge in [0.2, 0.25) is 0 Å². The van der Waals surface area contributed by atoms with Gasteiger partial charge in [0.25, 0.3) is 0 Å². The second-order valence-electron chi connectivity index (χ2n) is 2.32. The number of rotatable bonds is 2. The molecule has 0 aromatic heterocycles. The average Bonchev–Trinajstić information content (AvgIpc) is 1.64. The number of quaternary nitrogens is 1. The zero-order valence-corrected chi connectivity index (χ0v) is 12.6. The van der Waals surface area contributed by atoms with Crippen LogP contribution in [0.25, 0.3) is 0 Å². The van der Waals surface area contributed by atoms with Crippen molar-refractivity contribution >= 4 is 7.92 Å². The summed E-state index contributed by atoms with van der Waals surface area (Å²) in [6.07, 6.45) is 0. The molecule has 0 aliphatic heterocycles. The summed E-state index contributed by atoms with van der Waals surface area (Å²) in [5, 5.41) is 8.47. The molecular weight excluding hydrogens is 183 g/mol. The summed E-state index contributed by atoms with van der Waals surface area (Å²) in [7, 11) is 3.54. The largest absolute Gasteiger partial charge is 1.00 e. The molecule has 0 fully saturated rings. The van der Waals surface area contributed by atoms with Crippen LogP contribution in [0.3, 0.4) is 0 Å². The van der Waals surface area contributed by atoms with Crippen LogP contribution in [0.1, 0.15) is 2.85 Å². The van der Waals surface area contributed by atoms with Crippen LogP contribution in [0, 0.1) is 5.75 Å². The first-order chi connectivity index (χ1) is 4.12. The van der Waals surface area contributed by atoms with Crippen LogP contribution in [0.4, 0.5) is 0 Å². The zero-order valence-electron chi connectivity index (χ0n) is 9.66. The Hall–Kier alpha value is 1.93. The number of aliphatic hydroxyl groups is 1. The number of nitrogens with zero attached hydrogens (tertiary/aromatic N) is 1. The second kappa shape index (κ2) is 10.0. The van der Waals surface area contributed by atoms with Crippen molar-refractivity contribution in [3.63, 3.8) is 0 Å². The molecule has 1 N–H and O–H groups in total. The Labute approximate surface area is 116 Å². The van der Waals surface area contributed by atoms with Gasteiger partial charge in [-0.2, -0.15) is 0 Å². The number of likely N-dealkylation sites (N-methyl/N-ethyl adjacent to an activating group) is 1. The third kappa shape index (κ3) is 11.9. The molecule has 0 unspecified atom stereocenters. The molecule has 56 valence electrons. The van der Waals surface area contributed by atoms with Gasteiger partial charge in [-0.25, -0.2) is 0 Å². The van der Waals surface area contributed by atoms with Crippen molar-refractivity contribution in [2.45, 2.75) is 0 Å². The van der Waals surface area contributed by atoms with Gasteiger partial charge in [0.1, 0.15) is 0 Å². The molecule has 3 nitrogen and oxygen atoms in total. The molecule has 0 bridgehead atoms. The molecule has 11 heavy (non-hydrogen) atoms. The van der Waals surface area contributed by atoms with Crippen molar-refractivity contribution in [3.05, 3.63) is 0 Å². The molecule has 6 heteroatoms. The van der Waals surface area contributed by atoms with E-state index in [-0.39, 0.29) is 76.5 Å². The van der Waals surface area contributed by atoms with Gasteiger partial charge in [-0.1, -0.05) is 0 Å². The Morgan fingerprint density at radius 1 is 1.55 bits per heavy atom. The zero-order chi connectivity index (χ0) is 7.33. The Balaban J connectivity index is -0.0000000533. The van der Waals surface area contributed by atoms with Crippen LogP contribution in [0.5, 0.6) is 0 Å². The Kier molecular flexibility index (Phi) is 17.0. The van der Waals surface area contributed by atoms with Crippen LogP contribution >= 0.6 is 7.92 Å². The molecule has 0 atom stereocenters. The minimum absolute atomic E-state index is 0. The molecule has 0 rings (SSSR count). The predicted molar refractivity (Wildman–Crippen MR) is 37.8 cm³/mol. The van der Waals surface area contributed by atoms with Crippen LogP contribution in [-0.2, 0) is 4.57 Å². The van der Waals surface area contributed by atoms with Crippen LogP contribution in [0.15, 0.2) is 0 Å². The monoisotopic (exact) mass is 196 g/mol. The van der Waals surface area contributed by atoms with E-state index >= 15 is 0 Å². The smallest absolute Gasteiger partial charge is 1.00 e. The van der Waals surface area contributed by atoms with E-state index in [0.29, 0.717) is 11.0 Å². The van der Waals surface area contributed by atoms with Crippen molar-refractivity contribution in [1.29, 1.82) is 0 Å². The maximum Gasteiger partial charge on any atom is 1.00 e. The van der Waals surface area contributed by atoms with Gasteiger partial charge in [-0.15, -0.1) is 0 Å². The molecule has 0 spiro atoms. The molecule has 0 saturated heterocycles. The molecule has 0 saturated carbocycles. The third-order valence-electron chi connectivity index (χ3n) is 0.971. The number of hydrogen-bond donors (Lipinski definition) is 1. The molecule has 0 aromatic carbocycles. The fourth-order valence-electron chi connectivity index (χ4n) is 0.411. The molecule has 0 aromatic rings. The number of hydrogen-bond acceptors (Lipinski definition) is 2. The first-order valence-corrected chi connectivity index (χ1v) is 3.47. The Morgan fingerprint density at radius 2 is 2.00 bits per heavy atom. The molecule has 0 aliphatic carbocycles. The van der Waals surface area contributed by atoms with Crippen molar-refractivity contribution in [2.24, 2.45) is 0 Å². The fourth-order valence-corrected chi connectivity index (χ4v) is 0.732. The number of aliphatic hydroxyl groups excluding tert-OH is 1. The van der Waals surface area contributed by atoms with Crippen molar-refractivity contribution in [1.82, 2.24) is 0 Å². The molecule has 0 amide bonds. The van der Waals surface area contributed by atoms with Crippen LogP contribution in [-0.4, -0.2) is 36.8 Å². The standard InChI is InChI=1S/C5H11NO2P.2Na.2H/c1-6(2,3-4-7)5-9-8;;;;/h7H,3-4H2,1-2H3;;;;/q3*+1;2*-1. The molecular formula is C5H13NNa2O2P+. The topological polar surface area (TPSA) is 37.3 Å². The van der Waals surface area contributed by atoms with E-state index in [1.165, 1.54) is 0 Å². The van der Waals surface area contributed by atoms with Gasteiger partial charge in [0.05, 0.1) is 0 Å². The van der Waals surface area contributed by atoms with E-state index in [0.717, 1.165) is 0 Å². The van der Waals surface area contributed by atoms with E-state index in [4.69, 9.17) is 5.11 Å². The normalized spacial score (nSPS) is 8.64. The van der Waals surface area contributed by atoms with Gasteiger partial charge in [-0.05, 0) is 0 Å². The SMILES string of the molecule is C[N+](C)(C#P=O)CCO.[H-].[H-].[Na+].[Na+]. The summed E-state index contributed by atoms with van der Waals surface area (Å²) in [5.74, 6) is 2.62. The third-order valence-corrected chi connectivity index (χ3v) is 1.59. The predicted octanol–water partition coefficient (Wildman–Crippen LogP) is -5.50. The van der Waals surface area contributed by atoms with Gasteiger partial charge < -0.3 is 2.85 Å². The second-order valence-corrected chi connectivity index (χ2v) is 2.71. The van der Waals surface area contributed by atoms with E-state index in [1.807, 2.05) is 14.1 Å². The summed E-state index contributed by atoms with van der Waals surface area (Å²) in [5.41, 5.74) is 0. The van der Waals surface area contributed by atoms with Crippen LogP contribution < -0.4 is 59.1 Å². The minimum atomic E-state index is -0.105. The van der Waals surface area contributed by atoms with Gasteiger partial charge >= 0.3 is 114 Å². The maximum absolute atomic E-state index is 9.98. The van der Waals surface area contributed by atoms with Crippen molar-refractivity contribution in [3.8, 4) is 5.75 Å². The molecule has 0 radical (unpaired) electrons. The molecule has 0 heterocycles. The summed E-state index contributed by atoms with van der Waals surface area (Å²) >= 11 is 0. The van der Waals surface area contributed by atoms with Crippen molar-refractivity contribution in [2.75, 3.05) is 27.2 Å². The Morgan fingerprint density at radius 3 is 2.27 bits per heavy atom. The summed E-state index contributed by atoms with van der Waals surface area (Å²) in [6, 6.07) is 0.